The van der Waals surface area contributed by atoms with Crippen molar-refractivity contribution in [3.8, 4) is 33.9 Å². The Morgan fingerprint density at radius 2 is 1.84 bits per heavy atom. The van der Waals surface area contributed by atoms with Gasteiger partial charge in [-0.15, -0.1) is 0 Å². The number of carbonyl (C=O) groups excluding carboxylic acids is 1. The molecule has 0 bridgehead atoms. The minimum Gasteiger partial charge on any atom is -0.336 e. The molecule has 6 heterocycles. The first-order valence-electron chi connectivity index (χ1n) is 11.7. The topological polar surface area (TPSA) is 138 Å². The molecule has 0 saturated heterocycles. The summed E-state index contributed by atoms with van der Waals surface area (Å²) in [6, 6.07) is 7.20. The Kier molecular flexibility index (Phi) is 4.74. The second-order valence-corrected chi connectivity index (χ2v) is 8.88. The molecule has 0 aromatic carbocycles. The zero-order valence-corrected chi connectivity index (χ0v) is 19.2. The molecule has 1 aliphatic rings. The number of aromatic nitrogens is 8. The summed E-state index contributed by atoms with van der Waals surface area (Å²) in [5.41, 5.74) is 4.73. The van der Waals surface area contributed by atoms with E-state index in [0.717, 1.165) is 23.9 Å². The summed E-state index contributed by atoms with van der Waals surface area (Å²) in [7, 11) is 0. The Balaban J connectivity index is 1.32. The number of halogens is 1. The van der Waals surface area contributed by atoms with Crippen LogP contribution in [0, 0.1) is 11.7 Å². The molecule has 10 nitrogen and oxygen atoms in total. The van der Waals surface area contributed by atoms with Gasteiger partial charge >= 0.3 is 0 Å². The summed E-state index contributed by atoms with van der Waals surface area (Å²) in [5, 5.41) is 10.2. The second kappa shape index (κ2) is 8.26. The molecule has 1 saturated carbocycles. The lowest BCUT2D eigenvalue weighted by Gasteiger charge is -2.08. The number of fused-ring (bicyclic) bond motifs is 2. The fourth-order valence-electron chi connectivity index (χ4n) is 4.34. The van der Waals surface area contributed by atoms with Gasteiger partial charge in [-0.3, -0.25) is 24.8 Å². The predicted octanol–water partition coefficient (Wildman–Crippen LogP) is 4.51. The third-order valence-electron chi connectivity index (χ3n) is 6.37. The number of anilines is 1. The molecule has 0 spiro atoms. The molecule has 0 atom stereocenters. The number of carbonyl (C=O) groups is 1. The van der Waals surface area contributed by atoms with Crippen LogP contribution in [0.4, 0.5) is 10.1 Å². The number of nitrogens with one attached hydrogen (secondary N) is 3. The molecule has 0 radical (unpaired) electrons. The quantitative estimate of drug-likeness (QED) is 0.323. The lowest BCUT2D eigenvalue weighted by molar-refractivity contribution is -0.117. The summed E-state index contributed by atoms with van der Waals surface area (Å²) >= 11 is 0. The predicted molar refractivity (Wildman–Crippen MR) is 135 cm³/mol. The smallest absolute Gasteiger partial charge is 0.227 e. The Hall–Kier alpha value is -5.06. The van der Waals surface area contributed by atoms with Gasteiger partial charge in [0.2, 0.25) is 5.91 Å². The number of rotatable bonds is 5. The zero-order chi connectivity index (χ0) is 24.9. The van der Waals surface area contributed by atoms with Crippen molar-refractivity contribution < 1.29 is 9.18 Å². The monoisotopic (exact) mass is 491 g/mol. The van der Waals surface area contributed by atoms with E-state index in [2.05, 4.69) is 40.4 Å². The van der Waals surface area contributed by atoms with E-state index in [4.69, 9.17) is 4.98 Å². The van der Waals surface area contributed by atoms with Crippen molar-refractivity contribution in [1.29, 1.82) is 0 Å². The molecule has 7 rings (SSSR count). The molecule has 180 valence electrons. The van der Waals surface area contributed by atoms with Crippen LogP contribution in [0.15, 0.2) is 61.4 Å². The van der Waals surface area contributed by atoms with Gasteiger partial charge in [-0.2, -0.15) is 5.10 Å². The SMILES string of the molecule is O=C(Nc1cncc(-c2cnc3[nH]nc(-c4nc5c(-c6ccncc6)nccc5[nH]4)c3c2F)c1)C1CC1. The van der Waals surface area contributed by atoms with Gasteiger partial charge in [0.15, 0.2) is 11.5 Å². The van der Waals surface area contributed by atoms with Crippen molar-refractivity contribution in [3.05, 3.63) is 67.3 Å². The van der Waals surface area contributed by atoms with Crippen LogP contribution in [0.2, 0.25) is 0 Å². The van der Waals surface area contributed by atoms with Crippen LogP contribution < -0.4 is 5.32 Å². The van der Waals surface area contributed by atoms with E-state index in [-0.39, 0.29) is 28.4 Å². The van der Waals surface area contributed by atoms with Crippen molar-refractivity contribution in [3.63, 3.8) is 0 Å². The van der Waals surface area contributed by atoms with E-state index in [1.165, 1.54) is 12.4 Å². The van der Waals surface area contributed by atoms with Gasteiger partial charge in [-0.05, 0) is 37.1 Å². The summed E-state index contributed by atoms with van der Waals surface area (Å²) in [4.78, 5) is 37.2. The third-order valence-corrected chi connectivity index (χ3v) is 6.37. The first-order chi connectivity index (χ1) is 18.2. The standard InChI is InChI=1S/C26H18FN9O/c27-20-17(15-9-16(11-29-10-15)32-26(37)14-1-2-14)12-31-24-19(20)23(35-36-24)25-33-18-5-8-30-21(22(18)34-25)13-3-6-28-7-4-13/h3-12,14H,1-2H2,(H,32,37)(H,33,34)(H,31,35,36). The highest BCUT2D eigenvalue weighted by Gasteiger charge is 2.29. The second-order valence-electron chi connectivity index (χ2n) is 8.88. The Morgan fingerprint density at radius 3 is 2.68 bits per heavy atom. The van der Waals surface area contributed by atoms with E-state index in [1.807, 2.05) is 12.1 Å². The van der Waals surface area contributed by atoms with Gasteiger partial charge < -0.3 is 10.3 Å². The van der Waals surface area contributed by atoms with Gasteiger partial charge in [0.25, 0.3) is 0 Å². The van der Waals surface area contributed by atoms with E-state index in [1.54, 1.807) is 36.9 Å². The van der Waals surface area contributed by atoms with Gasteiger partial charge in [0.1, 0.15) is 17.0 Å². The number of H-pyrrole nitrogens is 2. The number of imidazole rings is 1. The Bertz CT molecular complexity index is 1810. The summed E-state index contributed by atoms with van der Waals surface area (Å²) in [6.07, 6.45) is 11.3. The molecule has 3 N–H and O–H groups in total. The summed E-state index contributed by atoms with van der Waals surface area (Å²) < 4.78 is 16.0. The van der Waals surface area contributed by atoms with Gasteiger partial charge in [0.05, 0.1) is 28.5 Å². The minimum absolute atomic E-state index is 0.0457. The molecule has 0 aliphatic heterocycles. The fourth-order valence-corrected chi connectivity index (χ4v) is 4.34. The van der Waals surface area contributed by atoms with Gasteiger partial charge in [0, 0.05) is 53.6 Å². The molecular weight excluding hydrogens is 473 g/mol. The van der Waals surface area contributed by atoms with Crippen molar-refractivity contribution in [2.24, 2.45) is 5.92 Å². The summed E-state index contributed by atoms with van der Waals surface area (Å²) in [5.74, 6) is -0.138. The normalized spacial score (nSPS) is 13.3. The van der Waals surface area contributed by atoms with Crippen molar-refractivity contribution >= 4 is 33.7 Å². The first-order valence-corrected chi connectivity index (χ1v) is 11.7. The lowest BCUT2D eigenvalue weighted by Crippen LogP contribution is -2.13. The van der Waals surface area contributed by atoms with Crippen LogP contribution >= 0.6 is 0 Å². The van der Waals surface area contributed by atoms with E-state index < -0.39 is 5.82 Å². The molecule has 37 heavy (non-hydrogen) atoms. The fraction of sp³-hybridized carbons (Fsp3) is 0.115. The molecule has 6 aromatic heterocycles. The molecular formula is C26H18FN9O. The number of pyridine rings is 4. The highest BCUT2D eigenvalue weighted by molar-refractivity contribution is 5.97. The van der Waals surface area contributed by atoms with E-state index in [0.29, 0.717) is 34.0 Å². The third kappa shape index (κ3) is 3.68. The maximum absolute atomic E-state index is 16.0. The molecule has 1 amide bonds. The van der Waals surface area contributed by atoms with Crippen LogP contribution in [-0.2, 0) is 4.79 Å². The van der Waals surface area contributed by atoms with Crippen molar-refractivity contribution in [2.75, 3.05) is 5.32 Å². The minimum atomic E-state index is -0.519. The maximum atomic E-state index is 16.0. The van der Waals surface area contributed by atoms with Crippen LogP contribution in [0.1, 0.15) is 12.8 Å². The number of hydrogen-bond acceptors (Lipinski definition) is 7. The Morgan fingerprint density at radius 1 is 0.973 bits per heavy atom. The van der Waals surface area contributed by atoms with Crippen LogP contribution in [0.25, 0.3) is 56.0 Å². The van der Waals surface area contributed by atoms with Crippen LogP contribution in [0.3, 0.4) is 0 Å². The average Bonchev–Trinajstić information content (AvgIpc) is 3.54. The molecule has 11 heteroatoms. The van der Waals surface area contributed by atoms with E-state index >= 15 is 4.39 Å². The largest absolute Gasteiger partial charge is 0.336 e. The average molecular weight is 491 g/mol. The maximum Gasteiger partial charge on any atom is 0.227 e. The zero-order valence-electron chi connectivity index (χ0n) is 19.2. The van der Waals surface area contributed by atoms with Crippen molar-refractivity contribution in [1.82, 2.24) is 40.1 Å². The highest BCUT2D eigenvalue weighted by atomic mass is 19.1. The molecule has 6 aromatic rings. The molecule has 1 fully saturated rings. The first kappa shape index (κ1) is 21.2. The highest BCUT2D eigenvalue weighted by Crippen LogP contribution is 2.35. The molecule has 0 unspecified atom stereocenters. The van der Waals surface area contributed by atoms with E-state index in [9.17, 15) is 4.79 Å². The lowest BCUT2D eigenvalue weighted by atomic mass is 10.1. The number of nitrogens with zero attached hydrogens (tertiary/aromatic N) is 6. The Labute approximate surface area is 208 Å². The molecule has 1 aliphatic carbocycles. The number of aromatic amines is 2. The van der Waals surface area contributed by atoms with Gasteiger partial charge in [-0.25, -0.2) is 14.4 Å². The number of hydrogen-bond donors (Lipinski definition) is 3. The number of amides is 1. The van der Waals surface area contributed by atoms with Gasteiger partial charge in [-0.1, -0.05) is 0 Å². The van der Waals surface area contributed by atoms with Crippen LogP contribution in [0.5, 0.6) is 0 Å². The van der Waals surface area contributed by atoms with Crippen molar-refractivity contribution in [2.45, 2.75) is 12.8 Å². The summed E-state index contributed by atoms with van der Waals surface area (Å²) in [6.45, 7) is 0. The van der Waals surface area contributed by atoms with Crippen LogP contribution in [-0.4, -0.2) is 46.0 Å².